The van der Waals surface area contributed by atoms with Crippen molar-refractivity contribution in [3.05, 3.63) is 34.9 Å². The lowest BCUT2D eigenvalue weighted by molar-refractivity contribution is -0.0167. The molecule has 0 aliphatic carbocycles. The number of rotatable bonds is 5. The molecule has 3 saturated heterocycles. The van der Waals surface area contributed by atoms with Crippen molar-refractivity contribution in [1.29, 1.82) is 0 Å². The molecule has 3 fully saturated rings. The average molecular weight is 562 g/mol. The molecule has 1 aromatic carbocycles. The van der Waals surface area contributed by atoms with Gasteiger partial charge in [-0.15, -0.1) is 24.0 Å². The molecule has 3 aliphatic heterocycles. The Balaban J connectivity index is 0.00000272. The molecule has 0 atom stereocenters. The molecule has 174 valence electrons. The summed E-state index contributed by atoms with van der Waals surface area (Å²) in [4.78, 5) is 12.2. The molecule has 0 unspecified atom stereocenters. The quantitative estimate of drug-likeness (QED) is 0.340. The third kappa shape index (κ3) is 6.47. The summed E-state index contributed by atoms with van der Waals surface area (Å²) in [6.45, 7) is 10.2. The number of guanidine groups is 1. The maximum Gasteiger partial charge on any atom is 0.193 e. The van der Waals surface area contributed by atoms with Gasteiger partial charge in [0.15, 0.2) is 5.96 Å². The van der Waals surface area contributed by atoms with Crippen molar-refractivity contribution in [3.63, 3.8) is 0 Å². The predicted octanol–water partition coefficient (Wildman–Crippen LogP) is 3.30. The second-order valence-corrected chi connectivity index (χ2v) is 9.26. The number of aliphatic imine (C=N–C) groups is 1. The Bertz CT molecular complexity index is 714. The van der Waals surface area contributed by atoms with E-state index in [0.29, 0.717) is 0 Å². The van der Waals surface area contributed by atoms with E-state index < -0.39 is 0 Å². The fraction of sp³-hybridized carbons (Fsp3) is 0.696. The minimum atomic E-state index is 0. The summed E-state index contributed by atoms with van der Waals surface area (Å²) in [6.07, 6.45) is 4.88. The second kappa shape index (κ2) is 12.0. The molecular formula is C23H37ClIN5O. The number of nitrogens with zero attached hydrogens (tertiary/aromatic N) is 4. The van der Waals surface area contributed by atoms with Gasteiger partial charge < -0.3 is 15.0 Å². The molecule has 0 aromatic heterocycles. The van der Waals surface area contributed by atoms with Crippen molar-refractivity contribution in [3.8, 4) is 0 Å². The van der Waals surface area contributed by atoms with E-state index in [0.717, 1.165) is 76.3 Å². The lowest BCUT2D eigenvalue weighted by atomic mass is 9.88. The van der Waals surface area contributed by atoms with Gasteiger partial charge in [-0.3, -0.25) is 14.8 Å². The fourth-order valence-corrected chi connectivity index (χ4v) is 5.35. The normalized spacial score (nSPS) is 22.9. The zero-order valence-corrected chi connectivity index (χ0v) is 21.8. The minimum absolute atomic E-state index is 0. The van der Waals surface area contributed by atoms with E-state index in [1.807, 2.05) is 19.2 Å². The monoisotopic (exact) mass is 561 g/mol. The molecule has 1 aromatic rings. The highest BCUT2D eigenvalue weighted by Gasteiger charge is 2.40. The molecule has 0 amide bonds. The van der Waals surface area contributed by atoms with Gasteiger partial charge in [0.1, 0.15) is 0 Å². The maximum absolute atomic E-state index is 6.14. The first-order valence-corrected chi connectivity index (χ1v) is 11.8. The average Bonchev–Trinajstić information content (AvgIpc) is 3.32. The SMILES string of the molecule is CN=C(NCC1(N2CCCC2)CCOCC1)N1CCN(Cc2cccc(Cl)c2)CC1.I. The Kier molecular flexibility index (Phi) is 9.70. The summed E-state index contributed by atoms with van der Waals surface area (Å²) in [6, 6.07) is 8.20. The van der Waals surface area contributed by atoms with Crippen molar-refractivity contribution in [1.82, 2.24) is 20.0 Å². The molecule has 3 aliphatic rings. The Labute approximate surface area is 209 Å². The molecular weight excluding hydrogens is 525 g/mol. The Morgan fingerprint density at radius 2 is 1.81 bits per heavy atom. The van der Waals surface area contributed by atoms with Gasteiger partial charge in [-0.2, -0.15) is 0 Å². The van der Waals surface area contributed by atoms with Crippen LogP contribution in [0.3, 0.4) is 0 Å². The van der Waals surface area contributed by atoms with E-state index in [9.17, 15) is 0 Å². The van der Waals surface area contributed by atoms with Gasteiger partial charge >= 0.3 is 0 Å². The van der Waals surface area contributed by atoms with Crippen LogP contribution < -0.4 is 5.32 Å². The lowest BCUT2D eigenvalue weighted by Gasteiger charge is -2.45. The van der Waals surface area contributed by atoms with Gasteiger partial charge in [-0.1, -0.05) is 23.7 Å². The Morgan fingerprint density at radius 1 is 1.10 bits per heavy atom. The van der Waals surface area contributed by atoms with Crippen molar-refractivity contribution < 1.29 is 4.74 Å². The van der Waals surface area contributed by atoms with Crippen LogP contribution in [0, 0.1) is 0 Å². The molecule has 6 nitrogen and oxygen atoms in total. The van der Waals surface area contributed by atoms with Gasteiger partial charge in [-0.05, 0) is 56.5 Å². The van der Waals surface area contributed by atoms with Crippen molar-refractivity contribution >= 4 is 41.5 Å². The molecule has 8 heteroatoms. The van der Waals surface area contributed by atoms with Gasteiger partial charge in [0.25, 0.3) is 0 Å². The zero-order chi connectivity index (χ0) is 20.8. The summed E-state index contributed by atoms with van der Waals surface area (Å²) in [5.41, 5.74) is 1.50. The number of halogens is 2. The molecule has 4 rings (SSSR count). The van der Waals surface area contributed by atoms with Crippen molar-refractivity contribution in [2.45, 2.75) is 37.8 Å². The van der Waals surface area contributed by atoms with Crippen LogP contribution in [-0.4, -0.2) is 92.3 Å². The third-order valence-corrected chi connectivity index (χ3v) is 7.19. The van der Waals surface area contributed by atoms with E-state index in [1.54, 1.807) is 0 Å². The number of hydrogen-bond acceptors (Lipinski definition) is 4. The van der Waals surface area contributed by atoms with E-state index in [4.69, 9.17) is 16.3 Å². The van der Waals surface area contributed by atoms with Crippen LogP contribution in [0.25, 0.3) is 0 Å². The van der Waals surface area contributed by atoms with Crippen molar-refractivity contribution in [2.75, 3.05) is 66.1 Å². The predicted molar refractivity (Wildman–Crippen MR) is 139 cm³/mol. The summed E-state index contributed by atoms with van der Waals surface area (Å²) in [7, 11) is 1.91. The van der Waals surface area contributed by atoms with Gasteiger partial charge in [0.05, 0.1) is 0 Å². The van der Waals surface area contributed by atoms with Crippen LogP contribution in [0.2, 0.25) is 5.02 Å². The zero-order valence-electron chi connectivity index (χ0n) is 18.7. The molecule has 0 saturated carbocycles. The van der Waals surface area contributed by atoms with Gasteiger partial charge in [0, 0.05) is 70.1 Å². The molecule has 31 heavy (non-hydrogen) atoms. The van der Waals surface area contributed by atoms with E-state index in [1.165, 1.54) is 31.5 Å². The maximum atomic E-state index is 6.14. The van der Waals surface area contributed by atoms with E-state index in [-0.39, 0.29) is 29.5 Å². The summed E-state index contributed by atoms with van der Waals surface area (Å²) in [5.74, 6) is 1.04. The Hall–Kier alpha value is -0.610. The van der Waals surface area contributed by atoms with Gasteiger partial charge in [0.2, 0.25) is 0 Å². The largest absolute Gasteiger partial charge is 0.381 e. The number of likely N-dealkylation sites (tertiary alicyclic amines) is 1. The Morgan fingerprint density at radius 3 is 2.45 bits per heavy atom. The van der Waals surface area contributed by atoms with Crippen molar-refractivity contribution in [2.24, 2.45) is 4.99 Å². The highest BCUT2D eigenvalue weighted by molar-refractivity contribution is 14.0. The van der Waals surface area contributed by atoms with Crippen LogP contribution in [0.5, 0.6) is 0 Å². The van der Waals surface area contributed by atoms with E-state index in [2.05, 4.69) is 37.1 Å². The van der Waals surface area contributed by atoms with Crippen LogP contribution in [0.4, 0.5) is 0 Å². The van der Waals surface area contributed by atoms with Crippen LogP contribution >= 0.6 is 35.6 Å². The number of nitrogens with one attached hydrogen (secondary N) is 1. The molecule has 0 radical (unpaired) electrons. The number of benzene rings is 1. The topological polar surface area (TPSA) is 43.3 Å². The first-order chi connectivity index (χ1) is 14.7. The van der Waals surface area contributed by atoms with E-state index >= 15 is 0 Å². The van der Waals surface area contributed by atoms with Crippen LogP contribution in [0.15, 0.2) is 29.3 Å². The number of hydrogen-bond donors (Lipinski definition) is 1. The third-order valence-electron chi connectivity index (χ3n) is 6.95. The fourth-order valence-electron chi connectivity index (χ4n) is 5.13. The summed E-state index contributed by atoms with van der Waals surface area (Å²) >= 11 is 6.14. The number of piperazine rings is 1. The first-order valence-electron chi connectivity index (χ1n) is 11.4. The number of ether oxygens (including phenoxy) is 1. The van der Waals surface area contributed by atoms with Gasteiger partial charge in [-0.25, -0.2) is 0 Å². The first kappa shape index (κ1) is 25.0. The highest BCUT2D eigenvalue weighted by Crippen LogP contribution is 2.30. The van der Waals surface area contributed by atoms with Crippen LogP contribution in [0.1, 0.15) is 31.2 Å². The lowest BCUT2D eigenvalue weighted by Crippen LogP contribution is -2.60. The molecule has 0 bridgehead atoms. The standard InChI is InChI=1S/C23H36ClN5O.HI/c1-25-22(26-19-23(7-15-30-16-8-23)29-9-2-3-10-29)28-13-11-27(12-14-28)18-20-5-4-6-21(24)17-20;/h4-6,17H,2-3,7-16,18-19H2,1H3,(H,25,26);1H. The highest BCUT2D eigenvalue weighted by atomic mass is 127. The molecule has 0 spiro atoms. The van der Waals surface area contributed by atoms with Crippen LogP contribution in [-0.2, 0) is 11.3 Å². The minimum Gasteiger partial charge on any atom is -0.381 e. The smallest absolute Gasteiger partial charge is 0.193 e. The molecule has 1 N–H and O–H groups in total. The second-order valence-electron chi connectivity index (χ2n) is 8.82. The molecule has 3 heterocycles. The summed E-state index contributed by atoms with van der Waals surface area (Å²) < 4.78 is 5.69. The summed E-state index contributed by atoms with van der Waals surface area (Å²) in [5, 5.41) is 4.56.